The van der Waals surface area contributed by atoms with Crippen LogP contribution in [-0.2, 0) is 4.79 Å². The predicted octanol–water partition coefficient (Wildman–Crippen LogP) is 0.672. The second kappa shape index (κ2) is 3.96. The highest BCUT2D eigenvalue weighted by molar-refractivity contribution is 5.95. The van der Waals surface area contributed by atoms with Crippen LogP contribution in [0, 0.1) is 6.92 Å². The van der Waals surface area contributed by atoms with Crippen molar-refractivity contribution >= 4 is 11.9 Å². The molecule has 0 aliphatic carbocycles. The Kier molecular flexibility index (Phi) is 2.64. The van der Waals surface area contributed by atoms with E-state index in [1.807, 2.05) is 0 Å². The van der Waals surface area contributed by atoms with Gasteiger partial charge in [0.25, 0.3) is 5.91 Å². The maximum absolute atomic E-state index is 12.0. The fourth-order valence-corrected chi connectivity index (χ4v) is 1.90. The molecule has 2 heterocycles. The largest absolute Gasteiger partial charge is 0.480 e. The highest BCUT2D eigenvalue weighted by Crippen LogP contribution is 2.21. The number of likely N-dealkylation sites (tertiary alicyclic amines) is 1. The number of carboxylic acids is 1. The van der Waals surface area contributed by atoms with Crippen molar-refractivity contribution in [1.82, 2.24) is 9.88 Å². The molecule has 1 aromatic rings. The summed E-state index contributed by atoms with van der Waals surface area (Å²) in [4.78, 5) is 28.1. The summed E-state index contributed by atoms with van der Waals surface area (Å²) in [6.07, 6.45) is 2.39. The van der Waals surface area contributed by atoms with Crippen LogP contribution in [0.15, 0.2) is 10.8 Å². The Morgan fingerprint density at radius 2 is 2.38 bits per heavy atom. The maximum Gasteiger partial charge on any atom is 0.326 e. The second-order valence-electron chi connectivity index (χ2n) is 3.76. The molecular formula is C10H12N2O4. The molecule has 0 bridgehead atoms. The van der Waals surface area contributed by atoms with E-state index in [-0.39, 0.29) is 11.7 Å². The summed E-state index contributed by atoms with van der Waals surface area (Å²) >= 11 is 0. The lowest BCUT2D eigenvalue weighted by atomic mass is 10.2. The van der Waals surface area contributed by atoms with E-state index in [0.29, 0.717) is 25.1 Å². The molecule has 6 heteroatoms. The first-order valence-electron chi connectivity index (χ1n) is 5.05. The number of carboxylic acid groups (broad SMARTS) is 1. The summed E-state index contributed by atoms with van der Waals surface area (Å²) in [5, 5.41) is 8.96. The summed E-state index contributed by atoms with van der Waals surface area (Å²) in [6, 6.07) is -0.739. The highest BCUT2D eigenvalue weighted by Gasteiger charge is 2.36. The minimum atomic E-state index is -0.969. The lowest BCUT2D eigenvalue weighted by Crippen LogP contribution is -2.40. The van der Waals surface area contributed by atoms with Crippen molar-refractivity contribution in [3.8, 4) is 0 Å². The molecule has 1 aromatic heterocycles. The van der Waals surface area contributed by atoms with E-state index in [1.165, 1.54) is 11.3 Å². The fourth-order valence-electron chi connectivity index (χ4n) is 1.90. The number of carbonyl (C=O) groups excluding carboxylic acids is 1. The van der Waals surface area contributed by atoms with Crippen LogP contribution in [0.2, 0.25) is 0 Å². The molecule has 0 spiro atoms. The van der Waals surface area contributed by atoms with Gasteiger partial charge in [0.2, 0.25) is 5.76 Å². The zero-order valence-corrected chi connectivity index (χ0v) is 8.84. The predicted molar refractivity (Wildman–Crippen MR) is 52.9 cm³/mol. The monoisotopic (exact) mass is 224 g/mol. The highest BCUT2D eigenvalue weighted by atomic mass is 16.4. The molecule has 1 atom stereocenters. The van der Waals surface area contributed by atoms with E-state index < -0.39 is 12.0 Å². The van der Waals surface area contributed by atoms with Gasteiger partial charge in [0.15, 0.2) is 6.39 Å². The molecule has 86 valence electrons. The van der Waals surface area contributed by atoms with Crippen molar-refractivity contribution in [3.05, 3.63) is 17.8 Å². The third kappa shape index (κ3) is 1.66. The number of aliphatic carboxylic acids is 1. The van der Waals surface area contributed by atoms with Crippen LogP contribution in [-0.4, -0.2) is 39.5 Å². The van der Waals surface area contributed by atoms with Gasteiger partial charge in [-0.1, -0.05) is 0 Å². The van der Waals surface area contributed by atoms with Crippen LogP contribution in [0.4, 0.5) is 0 Å². The van der Waals surface area contributed by atoms with Crippen LogP contribution in [0.3, 0.4) is 0 Å². The van der Waals surface area contributed by atoms with Crippen LogP contribution in [0.25, 0.3) is 0 Å². The smallest absolute Gasteiger partial charge is 0.326 e. The number of rotatable bonds is 2. The summed E-state index contributed by atoms with van der Waals surface area (Å²) < 4.78 is 4.97. The number of aryl methyl sites for hydroxylation is 1. The Hall–Kier alpha value is -1.85. The van der Waals surface area contributed by atoms with Crippen LogP contribution in [0.5, 0.6) is 0 Å². The molecule has 1 N–H and O–H groups in total. The first-order valence-corrected chi connectivity index (χ1v) is 5.05. The van der Waals surface area contributed by atoms with Crippen molar-refractivity contribution in [1.29, 1.82) is 0 Å². The Morgan fingerprint density at radius 3 is 2.94 bits per heavy atom. The van der Waals surface area contributed by atoms with Crippen LogP contribution >= 0.6 is 0 Å². The minimum absolute atomic E-state index is 0.133. The van der Waals surface area contributed by atoms with Gasteiger partial charge in [0.1, 0.15) is 6.04 Å². The molecule has 0 radical (unpaired) electrons. The molecule has 0 saturated carbocycles. The molecule has 0 aromatic carbocycles. The van der Waals surface area contributed by atoms with Gasteiger partial charge < -0.3 is 14.4 Å². The molecule has 1 aliphatic rings. The minimum Gasteiger partial charge on any atom is -0.480 e. The van der Waals surface area contributed by atoms with Crippen molar-refractivity contribution < 1.29 is 19.1 Å². The standard InChI is InChI=1S/C10H12N2O4/c1-6-8(16-5-11-6)9(13)12-4-2-3-7(12)10(14)15/h5,7H,2-4H2,1H3,(H,14,15)/t7-/m1/s1. The third-order valence-corrected chi connectivity index (χ3v) is 2.74. The SMILES string of the molecule is Cc1ncoc1C(=O)N1CCC[C@@H]1C(=O)O. The molecular weight excluding hydrogens is 212 g/mol. The van der Waals surface area contributed by atoms with Gasteiger partial charge in [0.05, 0.1) is 5.69 Å². The summed E-state index contributed by atoms with van der Waals surface area (Å²) in [5.41, 5.74) is 0.487. The van der Waals surface area contributed by atoms with E-state index in [1.54, 1.807) is 6.92 Å². The number of oxazole rings is 1. The second-order valence-corrected chi connectivity index (χ2v) is 3.76. The molecule has 1 fully saturated rings. The van der Waals surface area contributed by atoms with Crippen LogP contribution < -0.4 is 0 Å². The van der Waals surface area contributed by atoms with Crippen LogP contribution in [0.1, 0.15) is 29.1 Å². The third-order valence-electron chi connectivity index (χ3n) is 2.74. The van der Waals surface area contributed by atoms with Gasteiger partial charge >= 0.3 is 5.97 Å². The first kappa shape index (κ1) is 10.7. The average Bonchev–Trinajstić information content (AvgIpc) is 2.84. The zero-order chi connectivity index (χ0) is 11.7. The lowest BCUT2D eigenvalue weighted by molar-refractivity contribution is -0.141. The van der Waals surface area contributed by atoms with Crippen molar-refractivity contribution in [2.75, 3.05) is 6.54 Å². The summed E-state index contributed by atoms with van der Waals surface area (Å²) in [6.45, 7) is 2.11. The molecule has 16 heavy (non-hydrogen) atoms. The molecule has 1 amide bonds. The average molecular weight is 224 g/mol. The molecule has 6 nitrogen and oxygen atoms in total. The van der Waals surface area contributed by atoms with Gasteiger partial charge in [-0.15, -0.1) is 0 Å². The summed E-state index contributed by atoms with van der Waals surface area (Å²) in [5.74, 6) is -1.23. The van der Waals surface area contributed by atoms with E-state index >= 15 is 0 Å². The van der Waals surface area contributed by atoms with Gasteiger partial charge in [0, 0.05) is 6.54 Å². The maximum atomic E-state index is 12.0. The van der Waals surface area contributed by atoms with E-state index in [4.69, 9.17) is 9.52 Å². The number of nitrogens with zero attached hydrogens (tertiary/aromatic N) is 2. The van der Waals surface area contributed by atoms with Gasteiger partial charge in [-0.05, 0) is 19.8 Å². The number of hydrogen-bond donors (Lipinski definition) is 1. The van der Waals surface area contributed by atoms with Gasteiger partial charge in [-0.3, -0.25) is 4.79 Å². The van der Waals surface area contributed by atoms with E-state index in [9.17, 15) is 9.59 Å². The van der Waals surface area contributed by atoms with Crippen molar-refractivity contribution in [2.45, 2.75) is 25.8 Å². The lowest BCUT2D eigenvalue weighted by Gasteiger charge is -2.19. The fraction of sp³-hybridized carbons (Fsp3) is 0.500. The molecule has 1 aliphatic heterocycles. The molecule has 2 rings (SSSR count). The van der Waals surface area contributed by atoms with Crippen molar-refractivity contribution in [2.24, 2.45) is 0 Å². The van der Waals surface area contributed by atoms with Gasteiger partial charge in [-0.25, -0.2) is 9.78 Å². The Bertz CT molecular complexity index is 426. The Balaban J connectivity index is 2.22. The normalized spacial score (nSPS) is 20.1. The molecule has 1 saturated heterocycles. The molecule has 0 unspecified atom stereocenters. The number of aromatic nitrogens is 1. The number of amides is 1. The Morgan fingerprint density at radius 1 is 1.62 bits per heavy atom. The first-order chi connectivity index (χ1) is 7.61. The summed E-state index contributed by atoms with van der Waals surface area (Å²) in [7, 11) is 0. The zero-order valence-electron chi connectivity index (χ0n) is 8.84. The number of hydrogen-bond acceptors (Lipinski definition) is 4. The van der Waals surface area contributed by atoms with Gasteiger partial charge in [-0.2, -0.15) is 0 Å². The Labute approximate surface area is 91.9 Å². The quantitative estimate of drug-likeness (QED) is 0.798. The number of carbonyl (C=O) groups is 2. The van der Waals surface area contributed by atoms with E-state index in [2.05, 4.69) is 4.98 Å². The van der Waals surface area contributed by atoms with E-state index in [0.717, 1.165) is 0 Å². The van der Waals surface area contributed by atoms with Crippen molar-refractivity contribution in [3.63, 3.8) is 0 Å². The topological polar surface area (TPSA) is 83.6 Å².